The fourth-order valence-corrected chi connectivity index (χ4v) is 2.17. The van der Waals surface area contributed by atoms with Gasteiger partial charge in [-0.05, 0) is 39.5 Å². The summed E-state index contributed by atoms with van der Waals surface area (Å²) in [6, 6.07) is 6.12. The van der Waals surface area contributed by atoms with E-state index in [0.717, 1.165) is 22.3 Å². The van der Waals surface area contributed by atoms with Gasteiger partial charge in [-0.3, -0.25) is 0 Å². The maximum atomic E-state index is 9.22. The van der Waals surface area contributed by atoms with Gasteiger partial charge in [0.15, 0.2) is 0 Å². The molecule has 2 N–H and O–H groups in total. The summed E-state index contributed by atoms with van der Waals surface area (Å²) in [4.78, 5) is 0. The molecule has 0 aliphatic heterocycles. The van der Waals surface area contributed by atoms with Gasteiger partial charge in [0.2, 0.25) is 0 Å². The molecule has 0 bridgehead atoms. The van der Waals surface area contributed by atoms with E-state index in [1.165, 1.54) is 0 Å². The summed E-state index contributed by atoms with van der Waals surface area (Å²) >= 11 is 3.46. The van der Waals surface area contributed by atoms with Crippen molar-refractivity contribution in [1.29, 1.82) is 0 Å². The topological polar surface area (TPSA) is 41.5 Å². The van der Waals surface area contributed by atoms with Crippen LogP contribution in [0, 0.1) is 5.92 Å². The highest BCUT2D eigenvalue weighted by molar-refractivity contribution is 9.10. The minimum absolute atomic E-state index is 0.135. The number of aliphatic hydroxyl groups excluding tert-OH is 1. The van der Waals surface area contributed by atoms with E-state index in [1.54, 1.807) is 7.11 Å². The molecule has 1 atom stereocenters. The number of nitrogens with one attached hydrogen (secondary N) is 1. The standard InChI is InChI=1S/C13H20BrNO2/c1-9(2)12(8-16)15-7-10-4-5-13(17-3)11(14)6-10/h4-6,9,12,15-16H,7-8H2,1-3H3. The molecule has 0 saturated carbocycles. The maximum Gasteiger partial charge on any atom is 0.133 e. The molecule has 1 unspecified atom stereocenters. The van der Waals surface area contributed by atoms with Crippen molar-refractivity contribution in [3.05, 3.63) is 28.2 Å². The van der Waals surface area contributed by atoms with Crippen LogP contribution in [-0.2, 0) is 6.54 Å². The molecular formula is C13H20BrNO2. The second-order valence-electron chi connectivity index (χ2n) is 4.38. The molecule has 1 aromatic carbocycles. The molecule has 0 fully saturated rings. The van der Waals surface area contributed by atoms with Gasteiger partial charge in [0.25, 0.3) is 0 Å². The summed E-state index contributed by atoms with van der Waals surface area (Å²) in [5.74, 6) is 1.25. The third-order valence-corrected chi connectivity index (χ3v) is 3.41. The van der Waals surface area contributed by atoms with Crippen LogP contribution in [0.4, 0.5) is 0 Å². The largest absolute Gasteiger partial charge is 0.496 e. The average molecular weight is 302 g/mol. The fraction of sp³-hybridized carbons (Fsp3) is 0.538. The van der Waals surface area contributed by atoms with Crippen molar-refractivity contribution in [1.82, 2.24) is 5.32 Å². The predicted molar refractivity (Wildman–Crippen MR) is 73.2 cm³/mol. The van der Waals surface area contributed by atoms with Crippen molar-refractivity contribution in [3.63, 3.8) is 0 Å². The molecule has 0 radical (unpaired) electrons. The van der Waals surface area contributed by atoms with Crippen LogP contribution in [0.3, 0.4) is 0 Å². The van der Waals surface area contributed by atoms with Gasteiger partial charge >= 0.3 is 0 Å². The number of methoxy groups -OCH3 is 1. The van der Waals surface area contributed by atoms with Crippen molar-refractivity contribution in [2.24, 2.45) is 5.92 Å². The first-order valence-electron chi connectivity index (χ1n) is 5.75. The highest BCUT2D eigenvalue weighted by Crippen LogP contribution is 2.25. The van der Waals surface area contributed by atoms with Crippen LogP contribution in [0.1, 0.15) is 19.4 Å². The number of ether oxygens (including phenoxy) is 1. The summed E-state index contributed by atoms with van der Waals surface area (Å²) in [7, 11) is 1.65. The Morgan fingerprint density at radius 3 is 2.59 bits per heavy atom. The average Bonchev–Trinajstić information content (AvgIpc) is 2.29. The van der Waals surface area contributed by atoms with Crippen molar-refractivity contribution < 1.29 is 9.84 Å². The Morgan fingerprint density at radius 1 is 1.41 bits per heavy atom. The second-order valence-corrected chi connectivity index (χ2v) is 5.24. The van der Waals surface area contributed by atoms with Crippen LogP contribution >= 0.6 is 15.9 Å². The van der Waals surface area contributed by atoms with E-state index < -0.39 is 0 Å². The fourth-order valence-electron chi connectivity index (χ4n) is 1.58. The Balaban J connectivity index is 2.60. The highest BCUT2D eigenvalue weighted by atomic mass is 79.9. The zero-order chi connectivity index (χ0) is 12.8. The molecule has 0 amide bonds. The summed E-state index contributed by atoms with van der Waals surface area (Å²) in [5, 5.41) is 12.6. The quantitative estimate of drug-likeness (QED) is 0.848. The minimum atomic E-state index is 0.135. The number of hydrogen-bond donors (Lipinski definition) is 2. The lowest BCUT2D eigenvalue weighted by atomic mass is 10.1. The summed E-state index contributed by atoms with van der Waals surface area (Å²) in [6.45, 7) is 5.09. The molecule has 0 heterocycles. The molecule has 4 heteroatoms. The van der Waals surface area contributed by atoms with E-state index in [4.69, 9.17) is 4.74 Å². The number of aliphatic hydroxyl groups is 1. The van der Waals surface area contributed by atoms with Crippen molar-refractivity contribution in [3.8, 4) is 5.75 Å². The molecule has 0 aliphatic carbocycles. The predicted octanol–water partition coefficient (Wildman–Crippen LogP) is 2.56. The van der Waals surface area contributed by atoms with Crippen LogP contribution in [-0.4, -0.2) is 24.9 Å². The van der Waals surface area contributed by atoms with E-state index in [9.17, 15) is 5.11 Å². The monoisotopic (exact) mass is 301 g/mol. The van der Waals surface area contributed by atoms with Gasteiger partial charge in [0.1, 0.15) is 5.75 Å². The van der Waals surface area contributed by atoms with Crippen molar-refractivity contribution in [2.75, 3.05) is 13.7 Å². The van der Waals surface area contributed by atoms with Gasteiger partial charge in [-0.25, -0.2) is 0 Å². The molecule has 3 nitrogen and oxygen atoms in total. The summed E-state index contributed by atoms with van der Waals surface area (Å²) in [6.07, 6.45) is 0. The third kappa shape index (κ3) is 4.30. The molecule has 1 rings (SSSR count). The van der Waals surface area contributed by atoms with E-state index in [-0.39, 0.29) is 12.6 Å². The van der Waals surface area contributed by atoms with Crippen molar-refractivity contribution >= 4 is 15.9 Å². The van der Waals surface area contributed by atoms with Gasteiger partial charge in [0, 0.05) is 12.6 Å². The first-order chi connectivity index (χ1) is 8.08. The summed E-state index contributed by atoms with van der Waals surface area (Å²) < 4.78 is 6.13. The van der Waals surface area contributed by atoms with Crippen LogP contribution in [0.25, 0.3) is 0 Å². The molecule has 0 spiro atoms. The first-order valence-corrected chi connectivity index (χ1v) is 6.54. The Kier molecular flexibility index (Phi) is 5.95. The molecule has 96 valence electrons. The van der Waals surface area contributed by atoms with E-state index in [0.29, 0.717) is 5.92 Å². The Morgan fingerprint density at radius 2 is 2.12 bits per heavy atom. The molecular weight excluding hydrogens is 282 g/mol. The molecule has 1 aromatic rings. The van der Waals surface area contributed by atoms with E-state index >= 15 is 0 Å². The van der Waals surface area contributed by atoms with Gasteiger partial charge in [-0.15, -0.1) is 0 Å². The van der Waals surface area contributed by atoms with Gasteiger partial charge < -0.3 is 15.2 Å². The molecule has 0 saturated heterocycles. The van der Waals surface area contributed by atoms with E-state index in [2.05, 4.69) is 35.1 Å². The number of hydrogen-bond acceptors (Lipinski definition) is 3. The lowest BCUT2D eigenvalue weighted by molar-refractivity contribution is 0.210. The van der Waals surface area contributed by atoms with Crippen LogP contribution in [0.5, 0.6) is 5.75 Å². The van der Waals surface area contributed by atoms with Crippen LogP contribution < -0.4 is 10.1 Å². The first kappa shape index (κ1) is 14.5. The van der Waals surface area contributed by atoms with Crippen molar-refractivity contribution in [2.45, 2.75) is 26.4 Å². The third-order valence-electron chi connectivity index (χ3n) is 2.79. The zero-order valence-electron chi connectivity index (χ0n) is 10.5. The second kappa shape index (κ2) is 6.99. The Hall–Kier alpha value is -0.580. The van der Waals surface area contributed by atoms with E-state index in [1.807, 2.05) is 18.2 Å². The van der Waals surface area contributed by atoms with Gasteiger partial charge in [0.05, 0.1) is 18.2 Å². The lowest BCUT2D eigenvalue weighted by Crippen LogP contribution is -2.36. The van der Waals surface area contributed by atoms with Gasteiger partial charge in [-0.1, -0.05) is 19.9 Å². The van der Waals surface area contributed by atoms with Crippen LogP contribution in [0.2, 0.25) is 0 Å². The lowest BCUT2D eigenvalue weighted by Gasteiger charge is -2.20. The number of benzene rings is 1. The molecule has 17 heavy (non-hydrogen) atoms. The highest BCUT2D eigenvalue weighted by Gasteiger charge is 2.11. The zero-order valence-corrected chi connectivity index (χ0v) is 12.1. The van der Waals surface area contributed by atoms with Gasteiger partial charge in [-0.2, -0.15) is 0 Å². The smallest absolute Gasteiger partial charge is 0.133 e. The number of halogens is 1. The maximum absolute atomic E-state index is 9.22. The Bertz CT molecular complexity index is 355. The molecule has 0 aromatic heterocycles. The summed E-state index contributed by atoms with van der Waals surface area (Å²) in [5.41, 5.74) is 1.16. The van der Waals surface area contributed by atoms with Crippen LogP contribution in [0.15, 0.2) is 22.7 Å². The molecule has 0 aliphatic rings. The Labute approximate surface area is 111 Å². The SMILES string of the molecule is COc1ccc(CNC(CO)C(C)C)cc1Br. The number of rotatable bonds is 6. The normalized spacial score (nSPS) is 12.8. The minimum Gasteiger partial charge on any atom is -0.496 e.